The monoisotopic (exact) mass is 410 g/mol. The smallest absolute Gasteiger partial charge is 0.0639 e. The summed E-state index contributed by atoms with van der Waals surface area (Å²) >= 11 is 25.4. The molecule has 0 atom stereocenters. The Hall–Kier alpha value is -1.58. The first-order valence-corrected chi connectivity index (χ1v) is 8.93. The topological polar surface area (TPSA) is 52.0 Å². The number of rotatable bonds is 3. The van der Waals surface area contributed by atoms with E-state index in [1.165, 1.54) is 0 Å². The molecule has 0 amide bonds. The van der Waals surface area contributed by atoms with E-state index in [2.05, 4.69) is 0 Å². The molecule has 0 spiro atoms. The lowest BCUT2D eigenvalue weighted by Gasteiger charge is -2.22. The van der Waals surface area contributed by atoms with E-state index in [1.54, 1.807) is 24.3 Å². The second kappa shape index (κ2) is 7.35. The second-order valence-corrected chi connectivity index (χ2v) is 7.26. The van der Waals surface area contributed by atoms with Gasteiger partial charge in [-0.05, 0) is 41.0 Å². The highest BCUT2D eigenvalue weighted by atomic mass is 35.5. The van der Waals surface area contributed by atoms with Crippen molar-refractivity contribution in [1.29, 1.82) is 0 Å². The molecule has 0 fully saturated rings. The summed E-state index contributed by atoms with van der Waals surface area (Å²) in [4.78, 5) is 0. The Morgan fingerprint density at radius 3 is 1.48 bits per heavy atom. The number of hydrogen-bond acceptors (Lipinski definition) is 2. The normalized spacial score (nSPS) is 11.1. The number of benzene rings is 3. The molecule has 128 valence electrons. The molecule has 0 unspecified atom stereocenters. The van der Waals surface area contributed by atoms with Gasteiger partial charge in [-0.25, -0.2) is 0 Å². The summed E-state index contributed by atoms with van der Waals surface area (Å²) < 4.78 is 0. The third-order valence-corrected chi connectivity index (χ3v) is 5.30. The molecule has 0 saturated heterocycles. The fourth-order valence-electron chi connectivity index (χ4n) is 2.77. The molecule has 3 aromatic carbocycles. The maximum Gasteiger partial charge on any atom is 0.0639 e. The van der Waals surface area contributed by atoms with Gasteiger partial charge in [-0.3, -0.25) is 0 Å². The van der Waals surface area contributed by atoms with Gasteiger partial charge in [-0.1, -0.05) is 76.7 Å². The third-order valence-electron chi connectivity index (χ3n) is 3.99. The highest BCUT2D eigenvalue weighted by molar-refractivity contribution is 6.36. The molecule has 0 radical (unpaired) electrons. The molecule has 2 nitrogen and oxygen atoms in total. The number of anilines is 2. The van der Waals surface area contributed by atoms with E-state index >= 15 is 0 Å². The highest BCUT2D eigenvalue weighted by Gasteiger charge is 2.23. The highest BCUT2D eigenvalue weighted by Crippen LogP contribution is 2.43. The van der Waals surface area contributed by atoms with Crippen LogP contribution in [0.1, 0.15) is 22.6 Å². The van der Waals surface area contributed by atoms with Gasteiger partial charge in [0, 0.05) is 16.0 Å². The van der Waals surface area contributed by atoms with E-state index < -0.39 is 0 Å². The van der Waals surface area contributed by atoms with Crippen molar-refractivity contribution in [2.45, 2.75) is 5.92 Å². The Bertz CT molecular complexity index is 869. The Morgan fingerprint density at radius 1 is 0.600 bits per heavy atom. The molecule has 0 aliphatic carbocycles. The second-order valence-electron chi connectivity index (χ2n) is 5.63. The van der Waals surface area contributed by atoms with Crippen molar-refractivity contribution in [3.05, 3.63) is 91.4 Å². The minimum Gasteiger partial charge on any atom is -0.397 e. The maximum absolute atomic E-state index is 6.48. The summed E-state index contributed by atoms with van der Waals surface area (Å²) in [6.07, 6.45) is 0. The van der Waals surface area contributed by atoms with Gasteiger partial charge in [0.1, 0.15) is 0 Å². The fourth-order valence-corrected chi connectivity index (χ4v) is 3.68. The van der Waals surface area contributed by atoms with Crippen LogP contribution in [0.3, 0.4) is 0 Å². The van der Waals surface area contributed by atoms with Crippen LogP contribution in [-0.2, 0) is 0 Å². The van der Waals surface area contributed by atoms with Crippen LogP contribution in [0.5, 0.6) is 0 Å². The van der Waals surface area contributed by atoms with Crippen LogP contribution in [0.4, 0.5) is 11.4 Å². The standard InChI is InChI=1S/C19H14Cl4N2/c20-13-8-17(24)15(22)6-11(13)19(10-4-2-1-3-5-10)12-7-16(23)18(25)9-14(12)21/h1-9,19H,24-25H2. The molecule has 6 heteroatoms. The van der Waals surface area contributed by atoms with Crippen LogP contribution >= 0.6 is 46.4 Å². The molecule has 0 aliphatic heterocycles. The number of nitrogen functional groups attached to an aromatic ring is 2. The molecule has 0 aliphatic rings. The Balaban J connectivity index is 2.29. The molecule has 3 aromatic rings. The summed E-state index contributed by atoms with van der Waals surface area (Å²) in [5, 5.41) is 1.86. The van der Waals surface area contributed by atoms with Crippen molar-refractivity contribution in [1.82, 2.24) is 0 Å². The van der Waals surface area contributed by atoms with Gasteiger partial charge in [0.05, 0.1) is 21.4 Å². The van der Waals surface area contributed by atoms with E-state index in [0.29, 0.717) is 31.5 Å². The van der Waals surface area contributed by atoms with Crippen molar-refractivity contribution in [3.63, 3.8) is 0 Å². The van der Waals surface area contributed by atoms with Crippen molar-refractivity contribution in [3.8, 4) is 0 Å². The first-order valence-electron chi connectivity index (χ1n) is 7.42. The number of hydrogen-bond donors (Lipinski definition) is 2. The molecule has 4 N–H and O–H groups in total. The van der Waals surface area contributed by atoms with Gasteiger partial charge < -0.3 is 11.5 Å². The average Bonchev–Trinajstić information content (AvgIpc) is 2.58. The van der Waals surface area contributed by atoms with Crippen LogP contribution in [-0.4, -0.2) is 0 Å². The first kappa shape index (κ1) is 18.2. The molecular formula is C19H14Cl4N2. The van der Waals surface area contributed by atoms with E-state index in [-0.39, 0.29) is 5.92 Å². The molecule has 3 rings (SSSR count). The van der Waals surface area contributed by atoms with Crippen molar-refractivity contribution in [2.75, 3.05) is 11.5 Å². The zero-order chi connectivity index (χ0) is 18.1. The molecule has 0 heterocycles. The van der Waals surface area contributed by atoms with Gasteiger partial charge in [0.25, 0.3) is 0 Å². The Kier molecular flexibility index (Phi) is 5.35. The maximum atomic E-state index is 6.48. The van der Waals surface area contributed by atoms with Gasteiger partial charge in [0.15, 0.2) is 0 Å². The lowest BCUT2D eigenvalue weighted by atomic mass is 9.85. The summed E-state index contributed by atoms with van der Waals surface area (Å²) in [6.45, 7) is 0. The lowest BCUT2D eigenvalue weighted by Crippen LogP contribution is -2.06. The van der Waals surface area contributed by atoms with E-state index in [0.717, 1.165) is 16.7 Å². The van der Waals surface area contributed by atoms with Crippen molar-refractivity contribution in [2.24, 2.45) is 0 Å². The zero-order valence-corrected chi connectivity index (χ0v) is 16.0. The van der Waals surface area contributed by atoms with Crippen LogP contribution in [0.2, 0.25) is 20.1 Å². The molecule has 25 heavy (non-hydrogen) atoms. The minimum atomic E-state index is -0.266. The number of nitrogens with two attached hydrogens (primary N) is 2. The quantitative estimate of drug-likeness (QED) is 0.374. The van der Waals surface area contributed by atoms with Gasteiger partial charge in [0.2, 0.25) is 0 Å². The van der Waals surface area contributed by atoms with Gasteiger partial charge >= 0.3 is 0 Å². The van der Waals surface area contributed by atoms with Gasteiger partial charge in [-0.2, -0.15) is 0 Å². The number of halogens is 4. The first-order chi connectivity index (χ1) is 11.9. The average molecular weight is 412 g/mol. The SMILES string of the molecule is Nc1cc(Cl)c(C(c2ccccc2)c2cc(Cl)c(N)cc2Cl)cc1Cl. The zero-order valence-electron chi connectivity index (χ0n) is 12.9. The Labute approximate surface area is 166 Å². The van der Waals surface area contributed by atoms with Crippen molar-refractivity contribution < 1.29 is 0 Å². The largest absolute Gasteiger partial charge is 0.397 e. The summed E-state index contributed by atoms with van der Waals surface area (Å²) in [7, 11) is 0. The summed E-state index contributed by atoms with van der Waals surface area (Å²) in [5.41, 5.74) is 15.1. The van der Waals surface area contributed by atoms with Crippen LogP contribution < -0.4 is 11.5 Å². The van der Waals surface area contributed by atoms with E-state index in [9.17, 15) is 0 Å². The molecule has 0 bridgehead atoms. The van der Waals surface area contributed by atoms with E-state index in [1.807, 2.05) is 30.3 Å². The Morgan fingerprint density at radius 2 is 1.04 bits per heavy atom. The van der Waals surface area contributed by atoms with Crippen LogP contribution in [0, 0.1) is 0 Å². The fraction of sp³-hybridized carbons (Fsp3) is 0.0526. The molecular weight excluding hydrogens is 398 g/mol. The van der Waals surface area contributed by atoms with Crippen LogP contribution in [0.15, 0.2) is 54.6 Å². The lowest BCUT2D eigenvalue weighted by molar-refractivity contribution is 0.979. The predicted molar refractivity (Wildman–Crippen MR) is 109 cm³/mol. The third kappa shape index (κ3) is 3.68. The molecule has 0 aromatic heterocycles. The van der Waals surface area contributed by atoms with Gasteiger partial charge in [-0.15, -0.1) is 0 Å². The minimum absolute atomic E-state index is 0.266. The summed E-state index contributed by atoms with van der Waals surface area (Å²) in [6, 6.07) is 16.6. The van der Waals surface area contributed by atoms with E-state index in [4.69, 9.17) is 57.9 Å². The van der Waals surface area contributed by atoms with Crippen LogP contribution in [0.25, 0.3) is 0 Å². The predicted octanol–water partition coefficient (Wildman–Crippen LogP) is 6.64. The van der Waals surface area contributed by atoms with Crippen molar-refractivity contribution >= 4 is 57.8 Å². The summed E-state index contributed by atoms with van der Waals surface area (Å²) in [5.74, 6) is -0.266. The molecule has 0 saturated carbocycles.